The molecule has 0 bridgehead atoms. The minimum Gasteiger partial charge on any atom is -0.212 e. The summed E-state index contributed by atoms with van der Waals surface area (Å²) in [4.78, 5) is 0. The second-order valence-corrected chi connectivity index (χ2v) is 3.44. The predicted octanol–water partition coefficient (Wildman–Crippen LogP) is 1.65. The SMILES string of the molecule is O=S=Cc1ccc(I)cc1. The van der Waals surface area contributed by atoms with E-state index in [0.717, 1.165) is 5.56 Å². The molecule has 0 saturated heterocycles. The minimum atomic E-state index is 0.483. The van der Waals surface area contributed by atoms with Crippen molar-refractivity contribution < 1.29 is 4.21 Å². The van der Waals surface area contributed by atoms with E-state index in [-0.39, 0.29) is 0 Å². The van der Waals surface area contributed by atoms with E-state index in [9.17, 15) is 4.21 Å². The van der Waals surface area contributed by atoms with Gasteiger partial charge < -0.3 is 0 Å². The minimum absolute atomic E-state index is 0.483. The summed E-state index contributed by atoms with van der Waals surface area (Å²) in [6.45, 7) is 0. The van der Waals surface area contributed by atoms with Gasteiger partial charge >= 0.3 is 0 Å². The normalized spacial score (nSPS) is 8.90. The van der Waals surface area contributed by atoms with E-state index in [1.165, 1.54) is 3.57 Å². The summed E-state index contributed by atoms with van der Waals surface area (Å²) in [7, 11) is 0. The molecule has 0 saturated carbocycles. The Hall–Kier alpha value is -0.160. The van der Waals surface area contributed by atoms with Gasteiger partial charge in [-0.2, -0.15) is 0 Å². The van der Waals surface area contributed by atoms with Gasteiger partial charge in [0.25, 0.3) is 0 Å². The molecule has 1 nitrogen and oxygen atoms in total. The van der Waals surface area contributed by atoms with Gasteiger partial charge in [-0.25, -0.2) is 4.21 Å². The number of benzene rings is 1. The summed E-state index contributed by atoms with van der Waals surface area (Å²) in [5.41, 5.74) is 0.973. The van der Waals surface area contributed by atoms with E-state index >= 15 is 0 Å². The van der Waals surface area contributed by atoms with E-state index in [0.29, 0.717) is 11.3 Å². The van der Waals surface area contributed by atoms with Crippen molar-refractivity contribution in [2.45, 2.75) is 0 Å². The lowest BCUT2D eigenvalue weighted by atomic mass is 10.2. The van der Waals surface area contributed by atoms with Crippen LogP contribution < -0.4 is 0 Å². The van der Waals surface area contributed by atoms with E-state index in [2.05, 4.69) is 22.6 Å². The molecule has 0 aromatic heterocycles. The molecule has 52 valence electrons. The molecular weight excluding hydrogens is 259 g/mol. The Balaban J connectivity index is 3.00. The van der Waals surface area contributed by atoms with Gasteiger partial charge in [0.1, 0.15) is 0 Å². The Morgan fingerprint density at radius 2 is 1.90 bits per heavy atom. The summed E-state index contributed by atoms with van der Waals surface area (Å²) in [6, 6.07) is 7.80. The summed E-state index contributed by atoms with van der Waals surface area (Å²) in [5.74, 6) is 0. The van der Waals surface area contributed by atoms with Crippen LogP contribution in [-0.2, 0) is 11.3 Å². The molecule has 0 unspecified atom stereocenters. The van der Waals surface area contributed by atoms with Crippen LogP contribution in [0.2, 0.25) is 0 Å². The maximum absolute atomic E-state index is 10.0. The van der Waals surface area contributed by atoms with Crippen molar-refractivity contribution >= 4 is 39.2 Å². The fourth-order valence-corrected chi connectivity index (χ4v) is 1.22. The van der Waals surface area contributed by atoms with Gasteiger partial charge in [0, 0.05) is 8.94 Å². The van der Waals surface area contributed by atoms with Crippen molar-refractivity contribution in [3.05, 3.63) is 33.4 Å². The van der Waals surface area contributed by atoms with Gasteiger partial charge in [0.05, 0.1) is 11.3 Å². The highest BCUT2D eigenvalue weighted by molar-refractivity contribution is 14.1. The molecule has 0 aliphatic carbocycles. The highest BCUT2D eigenvalue weighted by atomic mass is 127. The van der Waals surface area contributed by atoms with Crippen molar-refractivity contribution in [2.75, 3.05) is 0 Å². The van der Waals surface area contributed by atoms with E-state index in [1.807, 2.05) is 24.3 Å². The van der Waals surface area contributed by atoms with Crippen LogP contribution >= 0.6 is 22.6 Å². The van der Waals surface area contributed by atoms with Crippen LogP contribution in [0.5, 0.6) is 0 Å². The third kappa shape index (κ3) is 2.22. The Bertz CT molecular complexity index is 261. The zero-order valence-electron chi connectivity index (χ0n) is 5.08. The van der Waals surface area contributed by atoms with Gasteiger partial charge in [-0.1, -0.05) is 12.1 Å². The zero-order chi connectivity index (χ0) is 7.40. The van der Waals surface area contributed by atoms with Gasteiger partial charge in [-0.15, -0.1) is 0 Å². The first-order valence-electron chi connectivity index (χ1n) is 2.70. The monoisotopic (exact) mass is 264 g/mol. The maximum Gasteiger partial charge on any atom is 0.0891 e. The van der Waals surface area contributed by atoms with E-state index < -0.39 is 0 Å². The van der Waals surface area contributed by atoms with Crippen LogP contribution in [0.3, 0.4) is 0 Å². The van der Waals surface area contributed by atoms with Crippen LogP contribution in [0.15, 0.2) is 24.3 Å². The van der Waals surface area contributed by atoms with E-state index in [4.69, 9.17) is 0 Å². The molecule has 0 radical (unpaired) electrons. The quantitative estimate of drug-likeness (QED) is 0.557. The van der Waals surface area contributed by atoms with Crippen LogP contribution in [0.25, 0.3) is 0 Å². The number of hydrogen-bond donors (Lipinski definition) is 0. The lowest BCUT2D eigenvalue weighted by Gasteiger charge is -1.89. The average Bonchev–Trinajstić information content (AvgIpc) is 1.95. The van der Waals surface area contributed by atoms with Gasteiger partial charge in [-0.3, -0.25) is 0 Å². The first-order valence-corrected chi connectivity index (χ1v) is 4.58. The third-order valence-electron chi connectivity index (χ3n) is 1.05. The van der Waals surface area contributed by atoms with Crippen molar-refractivity contribution in [3.8, 4) is 0 Å². The Morgan fingerprint density at radius 3 is 2.40 bits per heavy atom. The number of halogens is 1. The standard InChI is InChI=1S/C7H5IOS/c8-7-3-1-6(2-4-7)5-10-9/h1-5H. The number of rotatable bonds is 1. The summed E-state index contributed by atoms with van der Waals surface area (Å²) in [6.07, 6.45) is 0. The fraction of sp³-hybridized carbons (Fsp3) is 0. The lowest BCUT2D eigenvalue weighted by Crippen LogP contribution is -1.78. The van der Waals surface area contributed by atoms with Crippen molar-refractivity contribution in [3.63, 3.8) is 0 Å². The topological polar surface area (TPSA) is 17.1 Å². The molecule has 3 heteroatoms. The molecule has 1 aromatic carbocycles. The van der Waals surface area contributed by atoms with Crippen LogP contribution in [-0.4, -0.2) is 9.58 Å². The lowest BCUT2D eigenvalue weighted by molar-refractivity contribution is 0.701. The molecule has 0 aliphatic heterocycles. The molecule has 0 heterocycles. The molecule has 1 rings (SSSR count). The Kier molecular flexibility index (Phi) is 3.08. The Labute approximate surface area is 76.7 Å². The Morgan fingerprint density at radius 1 is 1.30 bits per heavy atom. The second kappa shape index (κ2) is 3.88. The summed E-state index contributed by atoms with van der Waals surface area (Å²) in [5, 5.41) is 1.58. The van der Waals surface area contributed by atoms with Gasteiger partial charge in [0.2, 0.25) is 0 Å². The summed E-state index contributed by atoms with van der Waals surface area (Å²) < 4.78 is 11.2. The molecule has 0 aliphatic rings. The fourth-order valence-electron chi connectivity index (χ4n) is 0.597. The number of hydrogen-bond acceptors (Lipinski definition) is 1. The first kappa shape index (κ1) is 7.94. The first-order chi connectivity index (χ1) is 4.83. The molecule has 0 spiro atoms. The molecule has 0 N–H and O–H groups in total. The highest BCUT2D eigenvalue weighted by Crippen LogP contribution is 2.04. The molecule has 1 aromatic rings. The molecule has 10 heavy (non-hydrogen) atoms. The summed E-state index contributed by atoms with van der Waals surface area (Å²) >= 11 is 2.71. The predicted molar refractivity (Wildman–Crippen MR) is 52.5 cm³/mol. The van der Waals surface area contributed by atoms with Crippen molar-refractivity contribution in [1.29, 1.82) is 0 Å². The van der Waals surface area contributed by atoms with E-state index in [1.54, 1.807) is 5.37 Å². The van der Waals surface area contributed by atoms with Crippen LogP contribution in [0, 0.1) is 3.57 Å². The van der Waals surface area contributed by atoms with Crippen molar-refractivity contribution in [1.82, 2.24) is 0 Å². The van der Waals surface area contributed by atoms with Gasteiger partial charge in [-0.05, 0) is 40.3 Å². The molecule has 0 amide bonds. The van der Waals surface area contributed by atoms with Crippen LogP contribution in [0.1, 0.15) is 5.56 Å². The van der Waals surface area contributed by atoms with Crippen molar-refractivity contribution in [2.24, 2.45) is 0 Å². The van der Waals surface area contributed by atoms with Crippen LogP contribution in [0.4, 0.5) is 0 Å². The van der Waals surface area contributed by atoms with Gasteiger partial charge in [0.15, 0.2) is 0 Å². The second-order valence-electron chi connectivity index (χ2n) is 1.77. The zero-order valence-corrected chi connectivity index (χ0v) is 8.06. The maximum atomic E-state index is 10.0. The average molecular weight is 264 g/mol. The highest BCUT2D eigenvalue weighted by Gasteiger charge is 1.85. The third-order valence-corrected chi connectivity index (χ3v) is 2.14. The smallest absolute Gasteiger partial charge is 0.0891 e. The molecule has 0 atom stereocenters. The largest absolute Gasteiger partial charge is 0.212 e. The molecule has 0 fully saturated rings. The molecular formula is C7H5IOS.